The van der Waals surface area contributed by atoms with E-state index in [4.69, 9.17) is 14.2 Å². The molecule has 0 spiro atoms. The SMILES string of the molecule is COCCCOc1cc2c(cc1OC)-c1cc(=O)c(C(=O)O)cn1C(C(C)C)C2(C)C. The molecule has 1 aliphatic rings. The number of hydrogen-bond acceptors (Lipinski definition) is 5. The van der Waals surface area contributed by atoms with Crippen molar-refractivity contribution in [3.63, 3.8) is 0 Å². The summed E-state index contributed by atoms with van der Waals surface area (Å²) < 4.78 is 18.6. The predicted octanol–water partition coefficient (Wildman–Crippen LogP) is 4.13. The van der Waals surface area contributed by atoms with Gasteiger partial charge in [0.05, 0.1) is 19.4 Å². The van der Waals surface area contributed by atoms with Crippen LogP contribution in [0.2, 0.25) is 0 Å². The maximum atomic E-state index is 12.5. The molecule has 0 bridgehead atoms. The van der Waals surface area contributed by atoms with Crippen LogP contribution in [0.1, 0.15) is 56.1 Å². The van der Waals surface area contributed by atoms with Gasteiger partial charge in [0.1, 0.15) is 5.56 Å². The van der Waals surface area contributed by atoms with Gasteiger partial charge in [0, 0.05) is 49.4 Å². The van der Waals surface area contributed by atoms with Crippen LogP contribution in [-0.2, 0) is 10.2 Å². The lowest BCUT2D eigenvalue weighted by atomic mass is 9.68. The summed E-state index contributed by atoms with van der Waals surface area (Å²) in [5.41, 5.74) is 1.49. The lowest BCUT2D eigenvalue weighted by molar-refractivity contribution is 0.0693. The molecule has 7 heteroatoms. The number of benzene rings is 1. The molecule has 1 unspecified atom stereocenters. The van der Waals surface area contributed by atoms with Crippen molar-refractivity contribution in [2.24, 2.45) is 5.92 Å². The molecule has 0 saturated carbocycles. The Hall–Kier alpha value is -2.80. The number of aromatic carboxylic acids is 1. The zero-order chi connectivity index (χ0) is 22.9. The molecule has 168 valence electrons. The van der Waals surface area contributed by atoms with Crippen LogP contribution < -0.4 is 14.9 Å². The molecule has 7 nitrogen and oxygen atoms in total. The summed E-state index contributed by atoms with van der Waals surface area (Å²) in [5.74, 6) is 0.185. The maximum absolute atomic E-state index is 12.5. The van der Waals surface area contributed by atoms with Crippen LogP contribution in [0, 0.1) is 5.92 Å². The molecule has 2 heterocycles. The minimum Gasteiger partial charge on any atom is -0.493 e. The number of hydrogen-bond donors (Lipinski definition) is 1. The second-order valence-electron chi connectivity index (χ2n) is 8.80. The van der Waals surface area contributed by atoms with Crippen LogP contribution in [0.5, 0.6) is 11.5 Å². The van der Waals surface area contributed by atoms with Gasteiger partial charge < -0.3 is 23.9 Å². The maximum Gasteiger partial charge on any atom is 0.341 e. The van der Waals surface area contributed by atoms with E-state index < -0.39 is 11.4 Å². The van der Waals surface area contributed by atoms with Crippen LogP contribution in [0.3, 0.4) is 0 Å². The van der Waals surface area contributed by atoms with Crippen molar-refractivity contribution in [1.29, 1.82) is 0 Å². The number of ether oxygens (including phenoxy) is 3. The molecule has 31 heavy (non-hydrogen) atoms. The Morgan fingerprint density at radius 2 is 1.87 bits per heavy atom. The zero-order valence-electron chi connectivity index (χ0n) is 19.0. The molecule has 1 aliphatic heterocycles. The first kappa shape index (κ1) is 22.9. The summed E-state index contributed by atoms with van der Waals surface area (Å²) in [6, 6.07) is 5.25. The highest BCUT2D eigenvalue weighted by molar-refractivity contribution is 5.88. The monoisotopic (exact) mass is 429 g/mol. The number of carbonyl (C=O) groups is 1. The van der Waals surface area contributed by atoms with Gasteiger partial charge in [-0.05, 0) is 23.6 Å². The third-order valence-corrected chi connectivity index (χ3v) is 6.00. The summed E-state index contributed by atoms with van der Waals surface area (Å²) in [6.45, 7) is 9.58. The molecule has 1 aromatic heterocycles. The van der Waals surface area contributed by atoms with Gasteiger partial charge in [0.15, 0.2) is 16.9 Å². The quantitative estimate of drug-likeness (QED) is 0.635. The van der Waals surface area contributed by atoms with Crippen molar-refractivity contribution in [3.05, 3.63) is 45.7 Å². The largest absolute Gasteiger partial charge is 0.493 e. The first-order valence-electron chi connectivity index (χ1n) is 10.5. The van der Waals surface area contributed by atoms with E-state index in [1.807, 2.05) is 16.7 Å². The molecular weight excluding hydrogens is 398 g/mol. The highest BCUT2D eigenvalue weighted by Crippen LogP contribution is 2.51. The average Bonchev–Trinajstić information content (AvgIpc) is 2.70. The number of carboxylic acid groups (broad SMARTS) is 1. The molecule has 0 fully saturated rings. The molecule has 1 atom stereocenters. The van der Waals surface area contributed by atoms with Gasteiger partial charge in [-0.25, -0.2) is 4.79 Å². The van der Waals surface area contributed by atoms with Crippen LogP contribution >= 0.6 is 0 Å². The second-order valence-corrected chi connectivity index (χ2v) is 8.80. The van der Waals surface area contributed by atoms with Crippen LogP contribution in [0.25, 0.3) is 11.3 Å². The van der Waals surface area contributed by atoms with Crippen LogP contribution in [-0.4, -0.2) is 43.1 Å². The molecule has 0 radical (unpaired) electrons. The van der Waals surface area contributed by atoms with E-state index in [1.165, 1.54) is 12.3 Å². The molecule has 0 aliphatic carbocycles. The molecule has 0 amide bonds. The van der Waals surface area contributed by atoms with E-state index in [0.717, 1.165) is 17.5 Å². The Balaban J connectivity index is 2.24. The Labute approximate surface area is 182 Å². The van der Waals surface area contributed by atoms with E-state index in [0.29, 0.717) is 30.4 Å². The van der Waals surface area contributed by atoms with Crippen molar-refractivity contribution in [3.8, 4) is 22.8 Å². The van der Waals surface area contributed by atoms with E-state index in [1.54, 1.807) is 14.2 Å². The Bertz CT molecular complexity index is 1040. The third-order valence-electron chi connectivity index (χ3n) is 6.00. The number of nitrogens with zero attached hydrogens (tertiary/aromatic N) is 1. The molecule has 1 aromatic carbocycles. The number of aromatic nitrogens is 1. The summed E-state index contributed by atoms with van der Waals surface area (Å²) in [5, 5.41) is 9.50. The number of carboxylic acids is 1. The Morgan fingerprint density at radius 1 is 1.16 bits per heavy atom. The summed E-state index contributed by atoms with van der Waals surface area (Å²) >= 11 is 0. The van der Waals surface area contributed by atoms with Crippen molar-refractivity contribution in [2.75, 3.05) is 27.4 Å². The fourth-order valence-corrected chi connectivity index (χ4v) is 4.78. The van der Waals surface area contributed by atoms with E-state index in [9.17, 15) is 14.7 Å². The van der Waals surface area contributed by atoms with E-state index >= 15 is 0 Å². The average molecular weight is 430 g/mol. The number of methoxy groups -OCH3 is 2. The molecule has 2 aromatic rings. The lowest BCUT2D eigenvalue weighted by Crippen LogP contribution is -2.40. The van der Waals surface area contributed by atoms with Crippen molar-refractivity contribution in [2.45, 2.75) is 45.6 Å². The molecular formula is C24H31NO6. The van der Waals surface area contributed by atoms with Gasteiger partial charge in [-0.1, -0.05) is 27.7 Å². The lowest BCUT2D eigenvalue weighted by Gasteiger charge is -2.45. The van der Waals surface area contributed by atoms with Gasteiger partial charge >= 0.3 is 5.97 Å². The van der Waals surface area contributed by atoms with Gasteiger partial charge in [-0.15, -0.1) is 0 Å². The van der Waals surface area contributed by atoms with Crippen molar-refractivity contribution >= 4 is 5.97 Å². The predicted molar refractivity (Wildman–Crippen MR) is 119 cm³/mol. The summed E-state index contributed by atoms with van der Waals surface area (Å²) in [4.78, 5) is 24.2. The third kappa shape index (κ3) is 4.06. The first-order valence-corrected chi connectivity index (χ1v) is 10.5. The van der Waals surface area contributed by atoms with Crippen LogP contribution in [0.4, 0.5) is 0 Å². The van der Waals surface area contributed by atoms with Crippen LogP contribution in [0.15, 0.2) is 29.2 Å². The molecule has 3 rings (SSSR count). The summed E-state index contributed by atoms with van der Waals surface area (Å²) in [7, 11) is 3.23. The minimum absolute atomic E-state index is 0.0524. The second kappa shape index (κ2) is 8.75. The van der Waals surface area contributed by atoms with E-state index in [-0.39, 0.29) is 22.9 Å². The van der Waals surface area contributed by atoms with Gasteiger partial charge in [-0.3, -0.25) is 4.79 Å². The van der Waals surface area contributed by atoms with Crippen molar-refractivity contribution in [1.82, 2.24) is 4.57 Å². The highest BCUT2D eigenvalue weighted by Gasteiger charge is 2.42. The van der Waals surface area contributed by atoms with E-state index in [2.05, 4.69) is 27.7 Å². The Kier molecular flexibility index (Phi) is 6.46. The highest BCUT2D eigenvalue weighted by atomic mass is 16.5. The van der Waals surface area contributed by atoms with Gasteiger partial charge in [0.25, 0.3) is 0 Å². The summed E-state index contributed by atoms with van der Waals surface area (Å²) in [6.07, 6.45) is 2.24. The van der Waals surface area contributed by atoms with Gasteiger partial charge in [0.2, 0.25) is 0 Å². The normalized spacial score (nSPS) is 16.5. The van der Waals surface area contributed by atoms with Gasteiger partial charge in [-0.2, -0.15) is 0 Å². The molecule has 1 N–H and O–H groups in total. The minimum atomic E-state index is -1.22. The first-order chi connectivity index (χ1) is 14.6. The standard InChI is InChI=1S/C24H31NO6/c1-14(2)22-24(3,4)17-11-21(31-9-7-8-29-5)20(30-6)10-15(17)18-12-19(26)16(23(27)28)13-25(18)22/h10-14,22H,7-9H2,1-6H3,(H,27,28). The van der Waals surface area contributed by atoms with Crippen molar-refractivity contribution < 1.29 is 24.1 Å². The smallest absolute Gasteiger partial charge is 0.341 e. The number of fused-ring (bicyclic) bond motifs is 3. The topological polar surface area (TPSA) is 87.0 Å². The zero-order valence-corrected chi connectivity index (χ0v) is 19.0. The molecule has 0 saturated heterocycles. The number of pyridine rings is 1. The number of rotatable bonds is 8. The fraction of sp³-hybridized carbons (Fsp3) is 0.500. The fourth-order valence-electron chi connectivity index (χ4n) is 4.78. The Morgan fingerprint density at radius 3 is 2.45 bits per heavy atom.